The van der Waals surface area contributed by atoms with Crippen molar-refractivity contribution in [2.24, 2.45) is 0 Å². The van der Waals surface area contributed by atoms with Crippen LogP contribution in [0.3, 0.4) is 0 Å². The van der Waals surface area contributed by atoms with E-state index in [0.29, 0.717) is 16.2 Å². The molecule has 1 aromatic heterocycles. The van der Waals surface area contributed by atoms with Crippen LogP contribution in [0.1, 0.15) is 36.5 Å². The summed E-state index contributed by atoms with van der Waals surface area (Å²) in [6, 6.07) is 3.91. The molecule has 1 fully saturated rings. The van der Waals surface area contributed by atoms with Crippen LogP contribution < -0.4 is 0 Å². The minimum absolute atomic E-state index is 0.0852. The Morgan fingerprint density at radius 1 is 1.50 bits per heavy atom. The molecule has 0 saturated carbocycles. The van der Waals surface area contributed by atoms with E-state index in [9.17, 15) is 4.79 Å². The van der Waals surface area contributed by atoms with Crippen LogP contribution in [0.15, 0.2) is 22.9 Å². The van der Waals surface area contributed by atoms with Gasteiger partial charge in [-0.3, -0.25) is 4.79 Å². The van der Waals surface area contributed by atoms with Gasteiger partial charge in [-0.15, -0.1) is 0 Å². The number of pyridine rings is 1. The van der Waals surface area contributed by atoms with Crippen LogP contribution in [-0.2, 0) is 0 Å². The molecule has 1 amide bonds. The van der Waals surface area contributed by atoms with Gasteiger partial charge in [0.2, 0.25) is 0 Å². The second-order valence-electron chi connectivity index (χ2n) is 5.36. The van der Waals surface area contributed by atoms with Crippen molar-refractivity contribution in [2.45, 2.75) is 32.2 Å². The summed E-state index contributed by atoms with van der Waals surface area (Å²) >= 11 is 3.31. The van der Waals surface area contributed by atoms with Gasteiger partial charge in [-0.2, -0.15) is 0 Å². The highest BCUT2D eigenvalue weighted by Gasteiger charge is 2.25. The third-order valence-electron chi connectivity index (χ3n) is 3.94. The highest BCUT2D eigenvalue weighted by Crippen LogP contribution is 2.18. The molecule has 0 radical (unpaired) electrons. The molecule has 0 atom stereocenters. The summed E-state index contributed by atoms with van der Waals surface area (Å²) in [5.74, 6) is 0.0852. The number of likely N-dealkylation sites (tertiary alicyclic amines) is 1. The van der Waals surface area contributed by atoms with Crippen LogP contribution in [0.4, 0.5) is 0 Å². The van der Waals surface area contributed by atoms with Gasteiger partial charge in [0.1, 0.15) is 4.60 Å². The maximum absolute atomic E-state index is 12.5. The Morgan fingerprint density at radius 3 is 2.80 bits per heavy atom. The lowest BCUT2D eigenvalue weighted by Gasteiger charge is -2.36. The van der Waals surface area contributed by atoms with E-state index >= 15 is 0 Å². The number of rotatable bonds is 4. The monoisotopic (exact) mass is 339 g/mol. The molecule has 20 heavy (non-hydrogen) atoms. The average Bonchev–Trinajstić information content (AvgIpc) is 2.47. The molecular formula is C15H22BrN3O. The number of carbonyl (C=O) groups is 1. The lowest BCUT2D eigenvalue weighted by Crippen LogP contribution is -2.45. The van der Waals surface area contributed by atoms with Crippen molar-refractivity contribution in [2.75, 3.05) is 26.7 Å². The van der Waals surface area contributed by atoms with Crippen LogP contribution in [-0.4, -0.2) is 53.4 Å². The molecular weight excluding hydrogens is 318 g/mol. The molecule has 0 unspecified atom stereocenters. The minimum Gasteiger partial charge on any atom is -0.339 e. The van der Waals surface area contributed by atoms with Gasteiger partial charge in [0.05, 0.1) is 0 Å². The van der Waals surface area contributed by atoms with E-state index in [4.69, 9.17) is 0 Å². The van der Waals surface area contributed by atoms with E-state index in [2.05, 4.69) is 32.7 Å². The molecule has 0 bridgehead atoms. The first kappa shape index (κ1) is 15.4. The van der Waals surface area contributed by atoms with E-state index in [0.717, 1.165) is 25.9 Å². The molecule has 0 spiro atoms. The molecule has 1 aliphatic heterocycles. The van der Waals surface area contributed by atoms with E-state index in [1.54, 1.807) is 18.3 Å². The maximum atomic E-state index is 12.5. The third kappa shape index (κ3) is 3.79. The van der Waals surface area contributed by atoms with Gasteiger partial charge in [-0.1, -0.05) is 6.92 Å². The van der Waals surface area contributed by atoms with E-state index in [1.165, 1.54) is 13.0 Å². The Balaban J connectivity index is 1.95. The minimum atomic E-state index is 0.0852. The molecule has 4 nitrogen and oxygen atoms in total. The molecule has 0 aromatic carbocycles. The summed E-state index contributed by atoms with van der Waals surface area (Å²) in [4.78, 5) is 20.9. The number of amides is 1. The predicted octanol–water partition coefficient (Wildman–Crippen LogP) is 2.79. The third-order valence-corrected chi connectivity index (χ3v) is 4.37. The Morgan fingerprint density at radius 2 is 2.20 bits per heavy atom. The molecule has 2 heterocycles. The number of piperidine rings is 1. The van der Waals surface area contributed by atoms with Gasteiger partial charge in [-0.25, -0.2) is 4.98 Å². The van der Waals surface area contributed by atoms with Crippen LogP contribution in [0.5, 0.6) is 0 Å². The lowest BCUT2D eigenvalue weighted by molar-refractivity contribution is 0.0642. The molecule has 5 heteroatoms. The normalized spacial score (nSPS) is 17.1. The van der Waals surface area contributed by atoms with Crippen LogP contribution in [0, 0.1) is 0 Å². The number of halogens is 1. The topological polar surface area (TPSA) is 36.4 Å². The van der Waals surface area contributed by atoms with Gasteiger partial charge in [0.15, 0.2) is 0 Å². The first-order chi connectivity index (χ1) is 9.61. The van der Waals surface area contributed by atoms with Crippen molar-refractivity contribution in [1.29, 1.82) is 0 Å². The Labute approximate surface area is 129 Å². The number of aromatic nitrogens is 1. The van der Waals surface area contributed by atoms with Gasteiger partial charge >= 0.3 is 0 Å². The fourth-order valence-corrected chi connectivity index (χ4v) is 3.12. The summed E-state index contributed by atoms with van der Waals surface area (Å²) in [6.07, 6.45) is 4.99. The van der Waals surface area contributed by atoms with Crippen molar-refractivity contribution in [3.05, 3.63) is 28.5 Å². The molecule has 0 aliphatic carbocycles. The summed E-state index contributed by atoms with van der Waals surface area (Å²) < 4.78 is 0.703. The Bertz CT molecular complexity index is 458. The standard InChI is InChI=1S/C15H22BrN3O/c1-3-8-19-9-5-13(6-10-19)18(2)15(20)12-4-7-17-14(16)11-12/h4,7,11,13H,3,5-6,8-10H2,1-2H3. The largest absolute Gasteiger partial charge is 0.339 e. The molecule has 1 aliphatic rings. The van der Waals surface area contributed by atoms with Gasteiger partial charge < -0.3 is 9.80 Å². The van der Waals surface area contributed by atoms with Crippen molar-refractivity contribution < 1.29 is 4.79 Å². The predicted molar refractivity (Wildman–Crippen MR) is 83.8 cm³/mol. The second kappa shape index (κ2) is 7.18. The molecule has 2 rings (SSSR count). The van der Waals surface area contributed by atoms with Gasteiger partial charge in [0.25, 0.3) is 5.91 Å². The summed E-state index contributed by atoms with van der Waals surface area (Å²) in [5, 5.41) is 0. The highest BCUT2D eigenvalue weighted by molar-refractivity contribution is 9.10. The second-order valence-corrected chi connectivity index (χ2v) is 6.17. The highest BCUT2D eigenvalue weighted by atomic mass is 79.9. The quantitative estimate of drug-likeness (QED) is 0.791. The van der Waals surface area contributed by atoms with E-state index < -0.39 is 0 Å². The molecule has 1 saturated heterocycles. The molecule has 1 aromatic rings. The summed E-state index contributed by atoms with van der Waals surface area (Å²) in [7, 11) is 1.91. The molecule has 0 N–H and O–H groups in total. The van der Waals surface area contributed by atoms with Crippen molar-refractivity contribution in [3.63, 3.8) is 0 Å². The Hall–Kier alpha value is -0.940. The van der Waals surface area contributed by atoms with Crippen LogP contribution >= 0.6 is 15.9 Å². The number of nitrogens with zero attached hydrogens (tertiary/aromatic N) is 3. The van der Waals surface area contributed by atoms with Crippen molar-refractivity contribution >= 4 is 21.8 Å². The fourth-order valence-electron chi connectivity index (χ4n) is 2.75. The maximum Gasteiger partial charge on any atom is 0.253 e. The SMILES string of the molecule is CCCN1CCC(N(C)C(=O)c2ccnc(Br)c2)CC1. The van der Waals surface area contributed by atoms with Crippen LogP contribution in [0.25, 0.3) is 0 Å². The first-order valence-corrected chi connectivity index (χ1v) is 8.02. The van der Waals surface area contributed by atoms with Crippen LogP contribution in [0.2, 0.25) is 0 Å². The van der Waals surface area contributed by atoms with E-state index in [-0.39, 0.29) is 5.91 Å². The number of hydrogen-bond donors (Lipinski definition) is 0. The summed E-state index contributed by atoms with van der Waals surface area (Å²) in [6.45, 7) is 5.57. The van der Waals surface area contributed by atoms with Gasteiger partial charge in [0, 0.05) is 37.9 Å². The number of carbonyl (C=O) groups excluding carboxylic acids is 1. The smallest absolute Gasteiger partial charge is 0.253 e. The zero-order valence-corrected chi connectivity index (χ0v) is 13.8. The van der Waals surface area contributed by atoms with Crippen molar-refractivity contribution in [3.8, 4) is 0 Å². The molecule has 110 valence electrons. The zero-order valence-electron chi connectivity index (χ0n) is 12.2. The van der Waals surface area contributed by atoms with Crippen molar-refractivity contribution in [1.82, 2.24) is 14.8 Å². The first-order valence-electron chi connectivity index (χ1n) is 7.23. The van der Waals surface area contributed by atoms with Gasteiger partial charge in [-0.05, 0) is 53.9 Å². The average molecular weight is 340 g/mol. The lowest BCUT2D eigenvalue weighted by atomic mass is 10.0. The summed E-state index contributed by atoms with van der Waals surface area (Å²) in [5.41, 5.74) is 0.699. The zero-order chi connectivity index (χ0) is 14.5. The fraction of sp³-hybridized carbons (Fsp3) is 0.600. The van der Waals surface area contributed by atoms with E-state index in [1.807, 2.05) is 11.9 Å². The number of hydrogen-bond acceptors (Lipinski definition) is 3. The Kier molecular flexibility index (Phi) is 5.54.